The molecule has 2 aromatic heterocycles. The van der Waals surface area contributed by atoms with E-state index in [0.29, 0.717) is 24.6 Å². The second-order valence-electron chi connectivity index (χ2n) is 8.24. The average Bonchev–Trinajstić information content (AvgIpc) is 3.36. The molecule has 6 nitrogen and oxygen atoms in total. The lowest BCUT2D eigenvalue weighted by Gasteiger charge is -2.29. The highest BCUT2D eigenvalue weighted by molar-refractivity contribution is 7.20. The third kappa shape index (κ3) is 3.96. The molecule has 1 aliphatic heterocycles. The Bertz CT molecular complexity index is 1280. The first-order valence-electron chi connectivity index (χ1n) is 10.6. The topological polar surface area (TPSA) is 56.6 Å². The first-order chi connectivity index (χ1) is 15.5. The van der Waals surface area contributed by atoms with Gasteiger partial charge in [0.25, 0.3) is 5.91 Å². The Morgan fingerprint density at radius 3 is 2.69 bits per heavy atom. The van der Waals surface area contributed by atoms with Crippen LogP contribution in [0.15, 0.2) is 54.6 Å². The summed E-state index contributed by atoms with van der Waals surface area (Å²) in [6.07, 6.45) is -0.202. The zero-order chi connectivity index (χ0) is 22.2. The monoisotopic (exact) mass is 447 g/mol. The van der Waals surface area contributed by atoms with Crippen molar-refractivity contribution in [2.24, 2.45) is 0 Å². The number of aromatic nitrogens is 2. The van der Waals surface area contributed by atoms with Crippen LogP contribution >= 0.6 is 11.3 Å². The van der Waals surface area contributed by atoms with Crippen molar-refractivity contribution in [3.8, 4) is 11.5 Å². The summed E-state index contributed by atoms with van der Waals surface area (Å²) in [5, 5.41) is 5.73. The van der Waals surface area contributed by atoms with Crippen LogP contribution in [0.3, 0.4) is 0 Å². The molecule has 0 bridgehead atoms. The maximum atomic E-state index is 13.2. The van der Waals surface area contributed by atoms with Crippen LogP contribution in [0, 0.1) is 13.8 Å². The molecule has 2 aromatic carbocycles. The number of thiophene rings is 1. The molecule has 32 heavy (non-hydrogen) atoms. The first kappa shape index (κ1) is 20.6. The Hall–Kier alpha value is -3.32. The molecule has 1 aliphatic rings. The van der Waals surface area contributed by atoms with E-state index in [1.54, 1.807) is 4.90 Å². The number of nitrogens with zero attached hydrogens (tertiary/aromatic N) is 3. The number of fused-ring (bicyclic) bond motifs is 2. The van der Waals surface area contributed by atoms with Crippen LogP contribution in [0.4, 0.5) is 0 Å². The van der Waals surface area contributed by atoms with Crippen molar-refractivity contribution in [3.05, 3.63) is 76.3 Å². The van der Waals surface area contributed by atoms with Crippen LogP contribution in [-0.4, -0.2) is 46.9 Å². The van der Waals surface area contributed by atoms with Gasteiger partial charge in [0.15, 0.2) is 17.6 Å². The van der Waals surface area contributed by atoms with Gasteiger partial charge in [-0.15, -0.1) is 11.3 Å². The molecular weight excluding hydrogens is 422 g/mol. The van der Waals surface area contributed by atoms with E-state index in [1.165, 1.54) is 22.5 Å². The number of benzene rings is 2. The number of para-hydroxylation sites is 2. The van der Waals surface area contributed by atoms with Crippen LogP contribution in [-0.2, 0) is 6.54 Å². The van der Waals surface area contributed by atoms with E-state index in [2.05, 4.69) is 31.2 Å². The van der Waals surface area contributed by atoms with Gasteiger partial charge in [0, 0.05) is 12.4 Å². The highest BCUT2D eigenvalue weighted by Gasteiger charge is 2.25. The number of aryl methyl sites for hydroxylation is 2. The van der Waals surface area contributed by atoms with Crippen molar-refractivity contribution < 1.29 is 14.3 Å². The molecule has 0 unspecified atom stereocenters. The second kappa shape index (κ2) is 8.31. The summed E-state index contributed by atoms with van der Waals surface area (Å²) in [6.45, 7) is 5.63. The van der Waals surface area contributed by atoms with Gasteiger partial charge in [-0.3, -0.25) is 9.48 Å². The number of hydrogen-bond acceptors (Lipinski definition) is 5. The van der Waals surface area contributed by atoms with Gasteiger partial charge in [-0.1, -0.05) is 42.0 Å². The van der Waals surface area contributed by atoms with Gasteiger partial charge in [-0.05, 0) is 37.6 Å². The summed E-state index contributed by atoms with van der Waals surface area (Å²) in [5.41, 5.74) is 3.36. The lowest BCUT2D eigenvalue weighted by Crippen LogP contribution is -2.41. The van der Waals surface area contributed by atoms with Crippen LogP contribution in [0.5, 0.6) is 11.5 Å². The molecule has 0 N–H and O–H groups in total. The summed E-state index contributed by atoms with van der Waals surface area (Å²) >= 11 is 1.49. The molecule has 5 rings (SSSR count). The summed E-state index contributed by atoms with van der Waals surface area (Å²) < 4.78 is 13.8. The third-order valence-corrected chi connectivity index (χ3v) is 6.80. The van der Waals surface area contributed by atoms with Crippen molar-refractivity contribution in [1.82, 2.24) is 14.7 Å². The quantitative estimate of drug-likeness (QED) is 0.446. The van der Waals surface area contributed by atoms with Crippen LogP contribution in [0.2, 0.25) is 0 Å². The van der Waals surface area contributed by atoms with Crippen molar-refractivity contribution >= 4 is 27.5 Å². The summed E-state index contributed by atoms with van der Waals surface area (Å²) in [4.78, 5) is 16.6. The van der Waals surface area contributed by atoms with Crippen molar-refractivity contribution in [1.29, 1.82) is 0 Å². The minimum atomic E-state index is -0.202. The molecule has 1 amide bonds. The van der Waals surface area contributed by atoms with Crippen LogP contribution in [0.1, 0.15) is 26.5 Å². The summed E-state index contributed by atoms with van der Waals surface area (Å²) in [7, 11) is 1.81. The van der Waals surface area contributed by atoms with Gasteiger partial charge in [-0.25, -0.2) is 0 Å². The van der Waals surface area contributed by atoms with Crippen LogP contribution in [0.25, 0.3) is 10.2 Å². The van der Waals surface area contributed by atoms with Gasteiger partial charge in [0.05, 0.1) is 23.7 Å². The minimum absolute atomic E-state index is 0.0186. The zero-order valence-electron chi connectivity index (χ0n) is 18.4. The fourth-order valence-corrected chi connectivity index (χ4v) is 5.08. The molecule has 0 spiro atoms. The second-order valence-corrected chi connectivity index (χ2v) is 9.27. The number of ether oxygens (including phenoxy) is 2. The summed E-state index contributed by atoms with van der Waals surface area (Å²) in [5.74, 6) is 1.45. The largest absolute Gasteiger partial charge is 0.486 e. The first-order valence-corrected chi connectivity index (χ1v) is 11.5. The minimum Gasteiger partial charge on any atom is -0.486 e. The lowest BCUT2D eigenvalue weighted by molar-refractivity contribution is 0.0524. The number of rotatable bonds is 5. The van der Waals surface area contributed by atoms with E-state index in [1.807, 2.05) is 49.0 Å². The van der Waals surface area contributed by atoms with Gasteiger partial charge < -0.3 is 14.4 Å². The van der Waals surface area contributed by atoms with E-state index in [0.717, 1.165) is 27.4 Å². The van der Waals surface area contributed by atoms with E-state index >= 15 is 0 Å². The number of likely N-dealkylation sites (N-methyl/N-ethyl adjacent to an activating group) is 1. The molecule has 0 aliphatic carbocycles. The van der Waals surface area contributed by atoms with Crippen LogP contribution < -0.4 is 9.47 Å². The number of amides is 1. The fraction of sp³-hybridized carbons (Fsp3) is 0.280. The highest BCUT2D eigenvalue weighted by atomic mass is 32.1. The molecule has 0 radical (unpaired) electrons. The predicted octanol–water partition coefficient (Wildman–Crippen LogP) is 4.67. The highest BCUT2D eigenvalue weighted by Crippen LogP contribution is 2.32. The number of carbonyl (C=O) groups excluding carboxylic acids is 1. The molecule has 0 saturated heterocycles. The van der Waals surface area contributed by atoms with E-state index < -0.39 is 0 Å². The Morgan fingerprint density at radius 1 is 1.16 bits per heavy atom. The maximum Gasteiger partial charge on any atom is 0.263 e. The van der Waals surface area contributed by atoms with E-state index in [-0.39, 0.29) is 12.0 Å². The Morgan fingerprint density at radius 2 is 1.91 bits per heavy atom. The third-order valence-electron chi connectivity index (χ3n) is 5.66. The van der Waals surface area contributed by atoms with Crippen molar-refractivity contribution in [2.75, 3.05) is 20.2 Å². The summed E-state index contributed by atoms with van der Waals surface area (Å²) in [6, 6.07) is 18.0. The molecule has 7 heteroatoms. The Balaban J connectivity index is 1.32. The smallest absolute Gasteiger partial charge is 0.263 e. The van der Waals surface area contributed by atoms with E-state index in [4.69, 9.17) is 14.6 Å². The molecule has 1 atom stereocenters. The van der Waals surface area contributed by atoms with Gasteiger partial charge in [-0.2, -0.15) is 5.10 Å². The number of carbonyl (C=O) groups is 1. The fourth-order valence-electron chi connectivity index (χ4n) is 3.92. The van der Waals surface area contributed by atoms with Crippen molar-refractivity contribution in [2.45, 2.75) is 26.5 Å². The molecule has 3 heterocycles. The SMILES string of the molecule is Cc1ccc(Cn2nc(C)c3cc(C(=O)N(C)C[C@H]4COc5ccccc5O4)sc32)cc1. The van der Waals surface area contributed by atoms with Gasteiger partial charge in [0.2, 0.25) is 0 Å². The molecular formula is C25H25N3O3S. The number of hydrogen-bond donors (Lipinski definition) is 0. The molecule has 0 fully saturated rings. The molecule has 164 valence electrons. The molecule has 4 aromatic rings. The predicted molar refractivity (Wildman–Crippen MR) is 126 cm³/mol. The Labute approximate surface area is 191 Å². The lowest BCUT2D eigenvalue weighted by atomic mass is 10.1. The average molecular weight is 448 g/mol. The Kier molecular flexibility index (Phi) is 5.35. The van der Waals surface area contributed by atoms with Crippen molar-refractivity contribution in [3.63, 3.8) is 0 Å². The molecule has 0 saturated carbocycles. The maximum absolute atomic E-state index is 13.2. The van der Waals surface area contributed by atoms with Gasteiger partial charge >= 0.3 is 0 Å². The van der Waals surface area contributed by atoms with E-state index in [9.17, 15) is 4.79 Å². The zero-order valence-corrected chi connectivity index (χ0v) is 19.2. The standard InChI is InChI=1S/C25H25N3O3S/c1-16-8-10-18(11-9-16)13-28-25-20(17(2)26-28)12-23(32-25)24(29)27(3)14-19-15-30-21-6-4-5-7-22(21)31-19/h4-12,19H,13-15H2,1-3H3/t19-/m0/s1. The van der Waals surface area contributed by atoms with Gasteiger partial charge in [0.1, 0.15) is 11.4 Å². The normalized spacial score (nSPS) is 15.2.